The van der Waals surface area contributed by atoms with Crippen LogP contribution in [0.5, 0.6) is 0 Å². The summed E-state index contributed by atoms with van der Waals surface area (Å²) in [6.07, 6.45) is 6.08. The Labute approximate surface area is 102 Å². The summed E-state index contributed by atoms with van der Waals surface area (Å²) >= 11 is 0. The number of nitrogens with zero attached hydrogens (tertiary/aromatic N) is 3. The lowest BCUT2D eigenvalue weighted by Gasteiger charge is -2.29. The van der Waals surface area contributed by atoms with Crippen molar-refractivity contribution in [3.63, 3.8) is 0 Å². The third kappa shape index (κ3) is 1.90. The molecule has 1 saturated carbocycles. The fraction of sp³-hybridized carbons (Fsp3) is 0.692. The van der Waals surface area contributed by atoms with Crippen molar-refractivity contribution in [2.45, 2.75) is 38.8 Å². The SMILES string of the molecule is CNCc1cnc(C)nc1N1CC2CCC1C2. The third-order valence-electron chi connectivity index (χ3n) is 4.01. The molecule has 2 heterocycles. The van der Waals surface area contributed by atoms with Crippen molar-refractivity contribution in [3.8, 4) is 0 Å². The van der Waals surface area contributed by atoms with Crippen molar-refractivity contribution < 1.29 is 0 Å². The molecule has 92 valence electrons. The van der Waals surface area contributed by atoms with Gasteiger partial charge in [-0.15, -0.1) is 0 Å². The average molecular weight is 232 g/mol. The van der Waals surface area contributed by atoms with Gasteiger partial charge in [-0.3, -0.25) is 0 Å². The van der Waals surface area contributed by atoms with Crippen LogP contribution >= 0.6 is 0 Å². The van der Waals surface area contributed by atoms with Crippen LogP contribution in [-0.4, -0.2) is 29.6 Å². The van der Waals surface area contributed by atoms with Crippen molar-refractivity contribution in [2.75, 3.05) is 18.5 Å². The summed E-state index contributed by atoms with van der Waals surface area (Å²) < 4.78 is 0. The quantitative estimate of drug-likeness (QED) is 0.857. The Hall–Kier alpha value is -1.16. The molecule has 0 spiro atoms. The lowest BCUT2D eigenvalue weighted by molar-refractivity contribution is 0.547. The highest BCUT2D eigenvalue weighted by atomic mass is 15.3. The van der Waals surface area contributed by atoms with Crippen molar-refractivity contribution in [1.29, 1.82) is 0 Å². The largest absolute Gasteiger partial charge is 0.353 e. The van der Waals surface area contributed by atoms with Crippen LogP contribution in [0.15, 0.2) is 6.20 Å². The van der Waals surface area contributed by atoms with Gasteiger partial charge >= 0.3 is 0 Å². The fourth-order valence-corrected chi connectivity index (χ4v) is 3.23. The van der Waals surface area contributed by atoms with Gasteiger partial charge in [0, 0.05) is 30.9 Å². The number of rotatable bonds is 3. The van der Waals surface area contributed by atoms with Crippen LogP contribution in [0.25, 0.3) is 0 Å². The number of aryl methyl sites for hydroxylation is 1. The van der Waals surface area contributed by atoms with Gasteiger partial charge < -0.3 is 10.2 Å². The van der Waals surface area contributed by atoms with E-state index in [1.807, 2.05) is 20.2 Å². The summed E-state index contributed by atoms with van der Waals surface area (Å²) in [5.74, 6) is 2.94. The van der Waals surface area contributed by atoms with E-state index in [0.29, 0.717) is 0 Å². The predicted octanol–water partition coefficient (Wildman–Crippen LogP) is 1.49. The van der Waals surface area contributed by atoms with Gasteiger partial charge in [0.1, 0.15) is 11.6 Å². The van der Waals surface area contributed by atoms with Crippen LogP contribution in [0.2, 0.25) is 0 Å². The van der Waals surface area contributed by atoms with E-state index in [2.05, 4.69) is 20.2 Å². The highest BCUT2D eigenvalue weighted by molar-refractivity contribution is 5.49. The van der Waals surface area contributed by atoms with E-state index in [-0.39, 0.29) is 0 Å². The highest BCUT2D eigenvalue weighted by Gasteiger charge is 2.39. The normalized spacial score (nSPS) is 26.8. The Morgan fingerprint density at radius 3 is 3.00 bits per heavy atom. The van der Waals surface area contributed by atoms with Crippen LogP contribution in [0.4, 0.5) is 5.82 Å². The minimum atomic E-state index is 0.727. The van der Waals surface area contributed by atoms with E-state index in [4.69, 9.17) is 0 Å². The average Bonchev–Trinajstić information content (AvgIpc) is 2.93. The summed E-state index contributed by atoms with van der Waals surface area (Å²) in [4.78, 5) is 11.5. The van der Waals surface area contributed by atoms with E-state index in [1.165, 1.54) is 37.2 Å². The first kappa shape index (κ1) is 11.0. The number of piperidine rings is 1. The van der Waals surface area contributed by atoms with E-state index in [1.54, 1.807) is 0 Å². The second-order valence-corrected chi connectivity index (χ2v) is 5.28. The second kappa shape index (κ2) is 4.26. The van der Waals surface area contributed by atoms with E-state index in [9.17, 15) is 0 Å². The molecule has 1 aliphatic heterocycles. The number of hydrogen-bond donors (Lipinski definition) is 1. The molecule has 1 saturated heterocycles. The van der Waals surface area contributed by atoms with Crippen molar-refractivity contribution in [1.82, 2.24) is 15.3 Å². The maximum atomic E-state index is 4.67. The Balaban J connectivity index is 1.92. The second-order valence-electron chi connectivity index (χ2n) is 5.28. The predicted molar refractivity (Wildman–Crippen MR) is 68.0 cm³/mol. The molecule has 1 N–H and O–H groups in total. The van der Waals surface area contributed by atoms with Crippen LogP contribution in [0.1, 0.15) is 30.7 Å². The van der Waals surface area contributed by atoms with Crippen molar-refractivity contribution >= 4 is 5.82 Å². The first-order valence-corrected chi connectivity index (χ1v) is 6.51. The van der Waals surface area contributed by atoms with Crippen LogP contribution in [0.3, 0.4) is 0 Å². The molecule has 17 heavy (non-hydrogen) atoms. The summed E-state index contributed by atoms with van der Waals surface area (Å²) in [6.45, 7) is 4.02. The molecule has 0 radical (unpaired) electrons. The zero-order valence-electron chi connectivity index (χ0n) is 10.6. The first-order valence-electron chi connectivity index (χ1n) is 6.51. The molecule has 1 aliphatic carbocycles. The Bertz CT molecular complexity index is 418. The molecule has 1 aromatic rings. The number of nitrogens with one attached hydrogen (secondary N) is 1. The summed E-state index contributed by atoms with van der Waals surface area (Å²) in [5, 5.41) is 3.20. The Morgan fingerprint density at radius 1 is 1.47 bits per heavy atom. The molecule has 2 fully saturated rings. The summed E-state index contributed by atoms with van der Waals surface area (Å²) in [5.41, 5.74) is 1.23. The van der Waals surface area contributed by atoms with Gasteiger partial charge in [-0.05, 0) is 39.2 Å². The van der Waals surface area contributed by atoms with E-state index in [0.717, 1.165) is 24.3 Å². The third-order valence-corrected chi connectivity index (χ3v) is 4.01. The monoisotopic (exact) mass is 232 g/mol. The number of hydrogen-bond acceptors (Lipinski definition) is 4. The van der Waals surface area contributed by atoms with Gasteiger partial charge in [0.2, 0.25) is 0 Å². The lowest BCUT2D eigenvalue weighted by Crippen LogP contribution is -2.34. The van der Waals surface area contributed by atoms with Gasteiger partial charge in [-0.25, -0.2) is 9.97 Å². The fourth-order valence-electron chi connectivity index (χ4n) is 3.23. The molecule has 2 bridgehead atoms. The topological polar surface area (TPSA) is 41.1 Å². The van der Waals surface area contributed by atoms with Gasteiger partial charge in [0.25, 0.3) is 0 Å². The molecule has 0 amide bonds. The zero-order chi connectivity index (χ0) is 11.8. The van der Waals surface area contributed by atoms with E-state index < -0.39 is 0 Å². The molecular formula is C13H20N4. The maximum absolute atomic E-state index is 4.67. The van der Waals surface area contributed by atoms with Crippen molar-refractivity contribution in [2.24, 2.45) is 5.92 Å². The number of aromatic nitrogens is 2. The minimum Gasteiger partial charge on any atom is -0.353 e. The molecule has 4 nitrogen and oxygen atoms in total. The molecular weight excluding hydrogens is 212 g/mol. The first-order chi connectivity index (χ1) is 8.28. The minimum absolute atomic E-state index is 0.727. The molecule has 1 aromatic heterocycles. The van der Waals surface area contributed by atoms with Gasteiger partial charge in [-0.2, -0.15) is 0 Å². The lowest BCUT2D eigenvalue weighted by atomic mass is 10.1. The van der Waals surface area contributed by atoms with Crippen LogP contribution in [-0.2, 0) is 6.54 Å². The van der Waals surface area contributed by atoms with Gasteiger partial charge in [0.15, 0.2) is 0 Å². The Morgan fingerprint density at radius 2 is 2.35 bits per heavy atom. The van der Waals surface area contributed by atoms with Gasteiger partial charge in [0.05, 0.1) is 0 Å². The molecule has 2 atom stereocenters. The Kier molecular flexibility index (Phi) is 2.74. The van der Waals surface area contributed by atoms with Crippen molar-refractivity contribution in [3.05, 3.63) is 17.6 Å². The molecule has 2 aliphatic rings. The number of fused-ring (bicyclic) bond motifs is 2. The molecule has 3 rings (SSSR count). The van der Waals surface area contributed by atoms with Crippen LogP contribution in [0, 0.1) is 12.8 Å². The summed E-state index contributed by atoms with van der Waals surface area (Å²) in [7, 11) is 1.97. The smallest absolute Gasteiger partial charge is 0.137 e. The summed E-state index contributed by atoms with van der Waals surface area (Å²) in [6, 6.07) is 0.727. The zero-order valence-corrected chi connectivity index (χ0v) is 10.6. The highest BCUT2D eigenvalue weighted by Crippen LogP contribution is 2.40. The standard InChI is InChI=1S/C13H20N4/c1-9-15-7-11(6-14-2)13(16-9)17-8-10-3-4-12(17)5-10/h7,10,12,14H,3-6,8H2,1-2H3. The maximum Gasteiger partial charge on any atom is 0.137 e. The molecule has 2 unspecified atom stereocenters. The molecule has 0 aromatic carbocycles. The molecule has 4 heteroatoms. The van der Waals surface area contributed by atoms with Gasteiger partial charge in [-0.1, -0.05) is 0 Å². The number of anilines is 1. The van der Waals surface area contributed by atoms with Crippen LogP contribution < -0.4 is 10.2 Å². The van der Waals surface area contributed by atoms with E-state index >= 15 is 0 Å².